The zero-order valence-corrected chi connectivity index (χ0v) is 14.2. The fourth-order valence-corrected chi connectivity index (χ4v) is 1.94. The van der Waals surface area contributed by atoms with Gasteiger partial charge in [0, 0.05) is 24.1 Å². The molecule has 126 valence electrons. The smallest absolute Gasteiger partial charge is 0.251 e. The van der Waals surface area contributed by atoms with E-state index in [4.69, 9.17) is 0 Å². The zero-order chi connectivity index (χ0) is 17.5. The molecule has 0 aliphatic rings. The Morgan fingerprint density at radius 1 is 1.00 bits per heavy atom. The highest BCUT2D eigenvalue weighted by atomic mass is 16.2. The minimum atomic E-state index is -0.330. The number of aryl methyl sites for hydroxylation is 1. The van der Waals surface area contributed by atoms with E-state index in [0.717, 1.165) is 5.56 Å². The molecule has 1 rings (SSSR count). The summed E-state index contributed by atoms with van der Waals surface area (Å²) in [4.78, 5) is 35.2. The van der Waals surface area contributed by atoms with Crippen molar-refractivity contribution in [2.45, 2.75) is 39.7 Å². The van der Waals surface area contributed by atoms with E-state index in [1.165, 1.54) is 0 Å². The Labute approximate surface area is 137 Å². The summed E-state index contributed by atoms with van der Waals surface area (Å²) in [7, 11) is 0. The van der Waals surface area contributed by atoms with Crippen LogP contribution in [-0.4, -0.2) is 36.3 Å². The number of hydrogen-bond donors (Lipinski definition) is 3. The van der Waals surface area contributed by atoms with Crippen molar-refractivity contribution in [1.82, 2.24) is 16.0 Å². The van der Waals surface area contributed by atoms with Crippen molar-refractivity contribution >= 4 is 17.7 Å². The summed E-state index contributed by atoms with van der Waals surface area (Å²) >= 11 is 0. The first-order valence-electron chi connectivity index (χ1n) is 7.60. The molecule has 0 saturated carbocycles. The van der Waals surface area contributed by atoms with E-state index in [1.54, 1.807) is 12.1 Å². The predicted octanol–water partition coefficient (Wildman–Crippen LogP) is 1.15. The van der Waals surface area contributed by atoms with Crippen LogP contribution in [0.5, 0.6) is 0 Å². The fourth-order valence-electron chi connectivity index (χ4n) is 1.94. The van der Waals surface area contributed by atoms with E-state index in [9.17, 15) is 14.4 Å². The number of hydrogen-bond acceptors (Lipinski definition) is 3. The maximum atomic E-state index is 12.0. The monoisotopic (exact) mass is 319 g/mol. The van der Waals surface area contributed by atoms with Gasteiger partial charge in [0.25, 0.3) is 5.91 Å². The van der Waals surface area contributed by atoms with Crippen LogP contribution >= 0.6 is 0 Å². The highest BCUT2D eigenvalue weighted by Gasteiger charge is 2.14. The van der Waals surface area contributed by atoms with E-state index in [-0.39, 0.29) is 42.8 Å². The van der Waals surface area contributed by atoms with Crippen molar-refractivity contribution < 1.29 is 14.4 Å². The van der Waals surface area contributed by atoms with Gasteiger partial charge in [-0.15, -0.1) is 0 Å². The normalized spacial score (nSPS) is 10.8. The standard InChI is InChI=1S/C17H25N3O3/c1-12-7-5-6-8-13(12)16(23)18-10-9-14(21)19-11-15(22)20-17(2,3)4/h5-8H,9-11H2,1-4H3,(H,18,23)(H,19,21)(H,20,22). The molecule has 23 heavy (non-hydrogen) atoms. The molecule has 0 spiro atoms. The van der Waals surface area contributed by atoms with Gasteiger partial charge in [0.1, 0.15) is 0 Å². The first-order valence-corrected chi connectivity index (χ1v) is 7.60. The Bertz CT molecular complexity index is 577. The summed E-state index contributed by atoms with van der Waals surface area (Å²) in [5, 5.41) is 7.98. The van der Waals surface area contributed by atoms with Crippen LogP contribution in [0.25, 0.3) is 0 Å². The van der Waals surface area contributed by atoms with E-state index in [0.29, 0.717) is 5.56 Å². The van der Waals surface area contributed by atoms with Gasteiger partial charge in [0.05, 0.1) is 6.54 Å². The van der Waals surface area contributed by atoms with Gasteiger partial charge in [-0.3, -0.25) is 14.4 Å². The van der Waals surface area contributed by atoms with Crippen molar-refractivity contribution in [3.8, 4) is 0 Å². The molecular weight excluding hydrogens is 294 g/mol. The summed E-state index contributed by atoms with van der Waals surface area (Å²) in [6.07, 6.45) is 0.125. The van der Waals surface area contributed by atoms with Crippen LogP contribution in [0.3, 0.4) is 0 Å². The topological polar surface area (TPSA) is 87.3 Å². The lowest BCUT2D eigenvalue weighted by atomic mass is 10.1. The number of carbonyl (C=O) groups is 3. The molecule has 0 aliphatic carbocycles. The molecule has 1 aromatic rings. The first kappa shape index (κ1) is 18.7. The van der Waals surface area contributed by atoms with Crippen LogP contribution in [0.4, 0.5) is 0 Å². The zero-order valence-electron chi connectivity index (χ0n) is 14.2. The molecule has 0 fully saturated rings. The summed E-state index contributed by atoms with van der Waals surface area (Å²) in [5.41, 5.74) is 1.15. The molecule has 3 N–H and O–H groups in total. The Balaban J connectivity index is 2.28. The molecule has 0 unspecified atom stereocenters. The average Bonchev–Trinajstić information content (AvgIpc) is 2.43. The van der Waals surface area contributed by atoms with Crippen LogP contribution in [0.1, 0.15) is 43.1 Å². The highest BCUT2D eigenvalue weighted by molar-refractivity contribution is 5.95. The fraction of sp³-hybridized carbons (Fsp3) is 0.471. The third kappa shape index (κ3) is 7.44. The van der Waals surface area contributed by atoms with E-state index >= 15 is 0 Å². The molecule has 0 heterocycles. The van der Waals surface area contributed by atoms with E-state index in [1.807, 2.05) is 39.8 Å². The largest absolute Gasteiger partial charge is 0.352 e. The second kappa shape index (κ2) is 8.31. The van der Waals surface area contributed by atoms with Gasteiger partial charge in [0.15, 0.2) is 0 Å². The number of benzene rings is 1. The van der Waals surface area contributed by atoms with Crippen molar-refractivity contribution in [1.29, 1.82) is 0 Å². The van der Waals surface area contributed by atoms with Gasteiger partial charge in [-0.25, -0.2) is 0 Å². The molecule has 3 amide bonds. The Kier molecular flexibility index (Phi) is 6.75. The minimum absolute atomic E-state index is 0.0676. The van der Waals surface area contributed by atoms with Gasteiger partial charge < -0.3 is 16.0 Å². The van der Waals surface area contributed by atoms with E-state index < -0.39 is 0 Å². The van der Waals surface area contributed by atoms with Crippen molar-refractivity contribution in [3.63, 3.8) is 0 Å². The molecule has 0 radical (unpaired) electrons. The molecule has 1 aromatic carbocycles. The number of rotatable bonds is 6. The van der Waals surface area contributed by atoms with Crippen molar-refractivity contribution in [2.75, 3.05) is 13.1 Å². The molecular formula is C17H25N3O3. The molecule has 0 atom stereocenters. The van der Waals surface area contributed by atoms with Gasteiger partial charge in [-0.05, 0) is 39.3 Å². The van der Waals surface area contributed by atoms with Gasteiger partial charge >= 0.3 is 0 Å². The van der Waals surface area contributed by atoms with Gasteiger partial charge in [-0.1, -0.05) is 18.2 Å². The van der Waals surface area contributed by atoms with Crippen LogP contribution in [-0.2, 0) is 9.59 Å². The SMILES string of the molecule is Cc1ccccc1C(=O)NCCC(=O)NCC(=O)NC(C)(C)C. The number of nitrogens with one attached hydrogen (secondary N) is 3. The van der Waals surface area contributed by atoms with Crippen molar-refractivity contribution in [2.24, 2.45) is 0 Å². The minimum Gasteiger partial charge on any atom is -0.352 e. The number of carbonyl (C=O) groups excluding carboxylic acids is 3. The summed E-state index contributed by atoms with van der Waals surface area (Å²) in [6, 6.07) is 7.25. The molecule has 0 aliphatic heterocycles. The summed E-state index contributed by atoms with van der Waals surface area (Å²) in [6.45, 7) is 7.62. The number of amides is 3. The van der Waals surface area contributed by atoms with Crippen LogP contribution in [0.15, 0.2) is 24.3 Å². The van der Waals surface area contributed by atoms with Crippen LogP contribution in [0, 0.1) is 6.92 Å². The Hall–Kier alpha value is -2.37. The molecule has 0 aromatic heterocycles. The van der Waals surface area contributed by atoms with Gasteiger partial charge in [0.2, 0.25) is 11.8 Å². The molecule has 0 bridgehead atoms. The maximum Gasteiger partial charge on any atom is 0.251 e. The second-order valence-electron chi connectivity index (χ2n) is 6.40. The van der Waals surface area contributed by atoms with Crippen LogP contribution < -0.4 is 16.0 Å². The third-order valence-electron chi connectivity index (χ3n) is 2.99. The molecule has 0 saturated heterocycles. The molecule has 6 nitrogen and oxygen atoms in total. The molecule has 6 heteroatoms. The Morgan fingerprint density at radius 3 is 2.26 bits per heavy atom. The Morgan fingerprint density at radius 2 is 1.65 bits per heavy atom. The van der Waals surface area contributed by atoms with Crippen LogP contribution in [0.2, 0.25) is 0 Å². The maximum absolute atomic E-state index is 12.0. The average molecular weight is 319 g/mol. The lowest BCUT2D eigenvalue weighted by molar-refractivity contribution is -0.126. The third-order valence-corrected chi connectivity index (χ3v) is 2.99. The van der Waals surface area contributed by atoms with E-state index in [2.05, 4.69) is 16.0 Å². The van der Waals surface area contributed by atoms with Crippen molar-refractivity contribution in [3.05, 3.63) is 35.4 Å². The summed E-state index contributed by atoms with van der Waals surface area (Å²) < 4.78 is 0. The predicted molar refractivity (Wildman–Crippen MR) is 89.0 cm³/mol. The lowest BCUT2D eigenvalue weighted by Gasteiger charge is -2.20. The first-order chi connectivity index (χ1) is 10.7. The summed E-state index contributed by atoms with van der Waals surface area (Å²) in [5.74, 6) is -0.727. The second-order valence-corrected chi connectivity index (χ2v) is 6.40. The quantitative estimate of drug-likeness (QED) is 0.735. The highest BCUT2D eigenvalue weighted by Crippen LogP contribution is 2.06. The lowest BCUT2D eigenvalue weighted by Crippen LogP contribution is -2.46. The van der Waals surface area contributed by atoms with Gasteiger partial charge in [-0.2, -0.15) is 0 Å².